The molecule has 0 fully saturated rings. The normalized spacial score (nSPS) is 15.0. The molecule has 0 radical (unpaired) electrons. The average Bonchev–Trinajstić information content (AvgIpc) is 2.50. The molecule has 3 heterocycles. The molecule has 2 aromatic rings. The summed E-state index contributed by atoms with van der Waals surface area (Å²) in [6, 6.07) is 3.08. The van der Waals surface area contributed by atoms with Gasteiger partial charge in [-0.05, 0) is 18.6 Å². The standard InChI is InChI=1S/C16H19FN4/c1-2-4-16-19-9-12-10-21(8-6-14(12)20-16)11-15-13(17)5-3-7-18-15/h3,5,7,9H,2,4,6,8,10-11H2,1H3. The number of pyridine rings is 1. The minimum Gasteiger partial charge on any atom is -0.293 e. The van der Waals surface area contributed by atoms with Crippen LogP contribution in [0.1, 0.15) is 36.1 Å². The number of halogens is 1. The lowest BCUT2D eigenvalue weighted by Gasteiger charge is -2.27. The number of hydrogen-bond acceptors (Lipinski definition) is 4. The predicted octanol–water partition coefficient (Wildman–Crippen LogP) is 2.52. The van der Waals surface area contributed by atoms with E-state index in [4.69, 9.17) is 0 Å². The summed E-state index contributed by atoms with van der Waals surface area (Å²) in [5, 5.41) is 0. The van der Waals surface area contributed by atoms with E-state index in [0.717, 1.165) is 49.4 Å². The van der Waals surface area contributed by atoms with Crippen LogP contribution in [0, 0.1) is 5.82 Å². The molecule has 0 unspecified atom stereocenters. The molecule has 0 N–H and O–H groups in total. The number of aromatic nitrogens is 3. The third-order valence-corrected chi connectivity index (χ3v) is 3.74. The monoisotopic (exact) mass is 286 g/mol. The fraction of sp³-hybridized carbons (Fsp3) is 0.438. The van der Waals surface area contributed by atoms with Gasteiger partial charge in [0.1, 0.15) is 11.6 Å². The molecule has 21 heavy (non-hydrogen) atoms. The zero-order valence-electron chi connectivity index (χ0n) is 12.2. The van der Waals surface area contributed by atoms with Crippen molar-refractivity contribution in [3.63, 3.8) is 0 Å². The molecule has 0 bridgehead atoms. The molecule has 0 saturated carbocycles. The highest BCUT2D eigenvalue weighted by Gasteiger charge is 2.19. The molecule has 1 aliphatic rings. The van der Waals surface area contributed by atoms with Gasteiger partial charge < -0.3 is 0 Å². The molecular weight excluding hydrogens is 267 g/mol. The highest BCUT2D eigenvalue weighted by Crippen LogP contribution is 2.19. The molecule has 4 nitrogen and oxygen atoms in total. The lowest BCUT2D eigenvalue weighted by atomic mass is 10.1. The van der Waals surface area contributed by atoms with Crippen molar-refractivity contribution in [2.45, 2.75) is 39.3 Å². The smallest absolute Gasteiger partial charge is 0.146 e. The zero-order chi connectivity index (χ0) is 14.7. The van der Waals surface area contributed by atoms with Crippen molar-refractivity contribution in [1.29, 1.82) is 0 Å². The van der Waals surface area contributed by atoms with E-state index in [9.17, 15) is 4.39 Å². The highest BCUT2D eigenvalue weighted by atomic mass is 19.1. The molecular formula is C16H19FN4. The SMILES string of the molecule is CCCc1ncc2c(n1)CCN(Cc1ncccc1F)C2. The second kappa shape index (κ2) is 6.26. The van der Waals surface area contributed by atoms with E-state index in [1.165, 1.54) is 6.07 Å². The van der Waals surface area contributed by atoms with Crippen LogP contribution in [0.3, 0.4) is 0 Å². The van der Waals surface area contributed by atoms with Crippen molar-refractivity contribution in [2.24, 2.45) is 0 Å². The van der Waals surface area contributed by atoms with Gasteiger partial charge in [0.15, 0.2) is 0 Å². The summed E-state index contributed by atoms with van der Waals surface area (Å²) in [4.78, 5) is 15.4. The lowest BCUT2D eigenvalue weighted by Crippen LogP contribution is -2.31. The summed E-state index contributed by atoms with van der Waals surface area (Å²) >= 11 is 0. The van der Waals surface area contributed by atoms with Crippen LogP contribution in [0.4, 0.5) is 4.39 Å². The van der Waals surface area contributed by atoms with Gasteiger partial charge in [0.25, 0.3) is 0 Å². The first-order chi connectivity index (χ1) is 10.3. The van der Waals surface area contributed by atoms with Crippen LogP contribution in [0.2, 0.25) is 0 Å². The predicted molar refractivity (Wildman–Crippen MR) is 78.0 cm³/mol. The van der Waals surface area contributed by atoms with Crippen LogP contribution in [-0.2, 0) is 25.9 Å². The van der Waals surface area contributed by atoms with Gasteiger partial charge in [-0.3, -0.25) is 9.88 Å². The summed E-state index contributed by atoms with van der Waals surface area (Å²) in [6.07, 6.45) is 6.44. The van der Waals surface area contributed by atoms with Gasteiger partial charge in [-0.15, -0.1) is 0 Å². The molecule has 0 aromatic carbocycles. The maximum atomic E-state index is 13.7. The van der Waals surface area contributed by atoms with Crippen LogP contribution in [0.15, 0.2) is 24.5 Å². The first-order valence-corrected chi connectivity index (χ1v) is 7.41. The van der Waals surface area contributed by atoms with Crippen LogP contribution < -0.4 is 0 Å². The minimum absolute atomic E-state index is 0.238. The van der Waals surface area contributed by atoms with E-state index in [-0.39, 0.29) is 5.82 Å². The zero-order valence-corrected chi connectivity index (χ0v) is 12.2. The third kappa shape index (κ3) is 3.24. The van der Waals surface area contributed by atoms with E-state index >= 15 is 0 Å². The Labute approximate surface area is 124 Å². The topological polar surface area (TPSA) is 41.9 Å². The van der Waals surface area contributed by atoms with Gasteiger partial charge in [0.2, 0.25) is 0 Å². The Kier molecular flexibility index (Phi) is 4.20. The molecule has 110 valence electrons. The van der Waals surface area contributed by atoms with Crippen LogP contribution in [0.5, 0.6) is 0 Å². The number of rotatable bonds is 4. The Hall–Kier alpha value is -1.88. The van der Waals surface area contributed by atoms with Crippen LogP contribution in [0.25, 0.3) is 0 Å². The Morgan fingerprint density at radius 1 is 1.33 bits per heavy atom. The molecule has 0 atom stereocenters. The van der Waals surface area contributed by atoms with E-state index in [2.05, 4.69) is 26.8 Å². The van der Waals surface area contributed by atoms with E-state index in [1.54, 1.807) is 12.3 Å². The Bertz CT molecular complexity index is 629. The van der Waals surface area contributed by atoms with Crippen LogP contribution >= 0.6 is 0 Å². The fourth-order valence-electron chi connectivity index (χ4n) is 2.64. The molecule has 0 spiro atoms. The second-order valence-electron chi connectivity index (χ2n) is 5.40. The van der Waals surface area contributed by atoms with Gasteiger partial charge in [-0.25, -0.2) is 14.4 Å². The largest absolute Gasteiger partial charge is 0.293 e. The Morgan fingerprint density at radius 3 is 3.05 bits per heavy atom. The molecule has 0 aliphatic carbocycles. The summed E-state index contributed by atoms with van der Waals surface area (Å²) in [6.45, 7) is 4.30. The number of hydrogen-bond donors (Lipinski definition) is 0. The summed E-state index contributed by atoms with van der Waals surface area (Å²) in [7, 11) is 0. The summed E-state index contributed by atoms with van der Waals surface area (Å²) in [5.41, 5.74) is 2.80. The van der Waals surface area contributed by atoms with Gasteiger partial charge >= 0.3 is 0 Å². The number of fused-ring (bicyclic) bond motifs is 1. The molecule has 5 heteroatoms. The third-order valence-electron chi connectivity index (χ3n) is 3.74. The average molecular weight is 286 g/mol. The Balaban J connectivity index is 1.71. The molecule has 0 amide bonds. The van der Waals surface area contributed by atoms with Gasteiger partial charge in [0.05, 0.1) is 5.69 Å². The van der Waals surface area contributed by atoms with Gasteiger partial charge in [0, 0.05) is 56.1 Å². The van der Waals surface area contributed by atoms with Crippen molar-refractivity contribution in [3.8, 4) is 0 Å². The maximum absolute atomic E-state index is 13.7. The summed E-state index contributed by atoms with van der Waals surface area (Å²) < 4.78 is 13.7. The van der Waals surface area contributed by atoms with Crippen LogP contribution in [-0.4, -0.2) is 26.4 Å². The first-order valence-electron chi connectivity index (χ1n) is 7.41. The first kappa shape index (κ1) is 14.1. The fourth-order valence-corrected chi connectivity index (χ4v) is 2.64. The summed E-state index contributed by atoms with van der Waals surface area (Å²) in [5.74, 6) is 0.693. The molecule has 1 aliphatic heterocycles. The molecule has 3 rings (SSSR count). The molecule has 0 saturated heterocycles. The van der Waals surface area contributed by atoms with E-state index in [1.807, 2.05) is 6.20 Å². The van der Waals surface area contributed by atoms with Crippen molar-refractivity contribution in [2.75, 3.05) is 6.54 Å². The highest BCUT2D eigenvalue weighted by molar-refractivity contribution is 5.21. The van der Waals surface area contributed by atoms with Crippen molar-refractivity contribution in [3.05, 3.63) is 53.1 Å². The lowest BCUT2D eigenvalue weighted by molar-refractivity contribution is 0.236. The van der Waals surface area contributed by atoms with Gasteiger partial charge in [-0.2, -0.15) is 0 Å². The second-order valence-corrected chi connectivity index (χ2v) is 5.40. The van der Waals surface area contributed by atoms with Gasteiger partial charge in [-0.1, -0.05) is 6.92 Å². The quantitative estimate of drug-likeness (QED) is 0.866. The maximum Gasteiger partial charge on any atom is 0.146 e. The number of nitrogens with zero attached hydrogens (tertiary/aromatic N) is 4. The molecule has 2 aromatic heterocycles. The van der Waals surface area contributed by atoms with Crippen molar-refractivity contribution < 1.29 is 4.39 Å². The van der Waals surface area contributed by atoms with Crippen molar-refractivity contribution in [1.82, 2.24) is 19.9 Å². The van der Waals surface area contributed by atoms with E-state index < -0.39 is 0 Å². The van der Waals surface area contributed by atoms with E-state index in [0.29, 0.717) is 12.2 Å². The minimum atomic E-state index is -0.238. The number of aryl methyl sites for hydroxylation is 1. The Morgan fingerprint density at radius 2 is 2.24 bits per heavy atom. The van der Waals surface area contributed by atoms with Crippen molar-refractivity contribution >= 4 is 0 Å².